The first-order valence-electron chi connectivity index (χ1n) is 11.4. The van der Waals surface area contributed by atoms with E-state index in [-0.39, 0.29) is 35.2 Å². The molecule has 2 unspecified atom stereocenters. The van der Waals surface area contributed by atoms with Crippen molar-refractivity contribution in [1.82, 2.24) is 0 Å². The maximum absolute atomic E-state index is 12.2. The number of fused-ring (bicyclic) bond motifs is 5. The minimum absolute atomic E-state index is 0.102. The van der Waals surface area contributed by atoms with Gasteiger partial charge in [0.05, 0.1) is 30.8 Å². The van der Waals surface area contributed by atoms with Crippen LogP contribution in [0.25, 0.3) is 0 Å². The van der Waals surface area contributed by atoms with Crippen molar-refractivity contribution in [2.75, 3.05) is 6.61 Å². The molecule has 5 fully saturated rings. The van der Waals surface area contributed by atoms with Crippen LogP contribution in [0.2, 0.25) is 0 Å². The van der Waals surface area contributed by atoms with Gasteiger partial charge in [-0.1, -0.05) is 13.8 Å². The Balaban J connectivity index is 1.48. The molecule has 0 radical (unpaired) electrons. The summed E-state index contributed by atoms with van der Waals surface area (Å²) in [4.78, 5) is 11.7. The number of aliphatic hydroxyl groups is 3. The Morgan fingerprint density at radius 1 is 0.964 bits per heavy atom. The zero-order valence-corrected chi connectivity index (χ0v) is 17.3. The van der Waals surface area contributed by atoms with Crippen LogP contribution in [0, 0.1) is 40.4 Å². The fraction of sp³-hybridized carbons (Fsp3) is 0.957. The lowest BCUT2D eigenvalue weighted by Gasteiger charge is -2.65. The third-order valence-corrected chi connectivity index (χ3v) is 10.4. The van der Waals surface area contributed by atoms with Gasteiger partial charge in [0, 0.05) is 11.3 Å². The molecular formula is C23H36O5. The molecule has 10 atom stereocenters. The molecule has 1 aliphatic heterocycles. The van der Waals surface area contributed by atoms with Crippen LogP contribution in [-0.2, 0) is 9.53 Å². The Kier molecular flexibility index (Phi) is 4.26. The summed E-state index contributed by atoms with van der Waals surface area (Å²) in [7, 11) is 0. The quantitative estimate of drug-likeness (QED) is 0.597. The topological polar surface area (TPSA) is 87.0 Å². The molecule has 4 aliphatic carbocycles. The van der Waals surface area contributed by atoms with Crippen molar-refractivity contribution in [1.29, 1.82) is 0 Å². The Morgan fingerprint density at radius 3 is 2.46 bits per heavy atom. The molecule has 0 bridgehead atoms. The van der Waals surface area contributed by atoms with Crippen LogP contribution in [0.1, 0.15) is 71.6 Å². The van der Waals surface area contributed by atoms with Crippen LogP contribution in [0.4, 0.5) is 0 Å². The standard InChI is InChI=1S/C23H36O5/c1-21-7-5-15(24)10-14(21)3-4-17-18(21)11-19(25)22(2)16(6-8-23(17,22)27)13-9-20(26)28-12-13/h13-19,24-25,27H,3-12H2,1-2H3/t13-,14+,15-,16+,17+,18-,19?,21-,22?,23-/m0/s1. The number of aliphatic hydroxyl groups excluding tert-OH is 2. The van der Waals surface area contributed by atoms with Crippen molar-refractivity contribution in [3.63, 3.8) is 0 Å². The van der Waals surface area contributed by atoms with E-state index < -0.39 is 17.1 Å². The predicted octanol–water partition coefficient (Wildman–Crippen LogP) is 2.66. The lowest BCUT2D eigenvalue weighted by Crippen LogP contribution is -2.67. The molecule has 5 aliphatic rings. The largest absolute Gasteiger partial charge is 0.465 e. The zero-order valence-electron chi connectivity index (χ0n) is 17.3. The normalized spacial score (nSPS) is 58.6. The van der Waals surface area contributed by atoms with Crippen molar-refractivity contribution < 1.29 is 24.9 Å². The van der Waals surface area contributed by atoms with Gasteiger partial charge in [-0.3, -0.25) is 4.79 Å². The monoisotopic (exact) mass is 392 g/mol. The molecule has 5 nitrogen and oxygen atoms in total. The van der Waals surface area contributed by atoms with Crippen molar-refractivity contribution >= 4 is 5.97 Å². The zero-order chi connectivity index (χ0) is 19.9. The Morgan fingerprint density at radius 2 is 1.75 bits per heavy atom. The van der Waals surface area contributed by atoms with Crippen LogP contribution in [0.3, 0.4) is 0 Å². The van der Waals surface area contributed by atoms with Gasteiger partial charge < -0.3 is 20.1 Å². The fourth-order valence-corrected chi connectivity index (χ4v) is 8.77. The Bertz CT molecular complexity index is 665. The van der Waals surface area contributed by atoms with Gasteiger partial charge >= 0.3 is 5.97 Å². The van der Waals surface area contributed by atoms with Gasteiger partial charge in [-0.2, -0.15) is 0 Å². The second-order valence-corrected chi connectivity index (χ2v) is 11.2. The van der Waals surface area contributed by atoms with Gasteiger partial charge in [0.2, 0.25) is 0 Å². The van der Waals surface area contributed by atoms with Crippen LogP contribution in [0.15, 0.2) is 0 Å². The van der Waals surface area contributed by atoms with E-state index in [0.717, 1.165) is 51.4 Å². The van der Waals surface area contributed by atoms with E-state index in [1.807, 2.05) is 0 Å². The first-order valence-corrected chi connectivity index (χ1v) is 11.4. The summed E-state index contributed by atoms with van der Waals surface area (Å²) < 4.78 is 5.25. The van der Waals surface area contributed by atoms with Crippen molar-refractivity contribution in [3.05, 3.63) is 0 Å². The summed E-state index contributed by atoms with van der Waals surface area (Å²) in [5.41, 5.74) is -1.33. The van der Waals surface area contributed by atoms with E-state index >= 15 is 0 Å². The lowest BCUT2D eigenvalue weighted by molar-refractivity contribution is -0.250. The number of esters is 1. The SMILES string of the molecule is CC12C(O)C[C@H]3[C@@H](CC[C@@H]4C[C@@H](O)CC[C@@]43C)[C@@]1(O)CC[C@@H]2[C@@H]1COC(=O)C1. The van der Waals surface area contributed by atoms with Crippen molar-refractivity contribution in [3.8, 4) is 0 Å². The summed E-state index contributed by atoms with van der Waals surface area (Å²) in [5, 5.41) is 33.8. The molecule has 0 aromatic carbocycles. The van der Waals surface area contributed by atoms with Crippen LogP contribution < -0.4 is 0 Å². The molecular weight excluding hydrogens is 356 g/mol. The molecule has 0 spiro atoms. The average molecular weight is 393 g/mol. The summed E-state index contributed by atoms with van der Waals surface area (Å²) in [6.45, 7) is 4.89. The summed E-state index contributed by atoms with van der Waals surface area (Å²) in [5.74, 6) is 1.14. The van der Waals surface area contributed by atoms with E-state index in [2.05, 4.69) is 13.8 Å². The van der Waals surface area contributed by atoms with Crippen molar-refractivity contribution in [2.24, 2.45) is 40.4 Å². The minimum Gasteiger partial charge on any atom is -0.465 e. The van der Waals surface area contributed by atoms with E-state index in [1.54, 1.807) is 0 Å². The third-order valence-electron chi connectivity index (χ3n) is 10.4. The van der Waals surface area contributed by atoms with Gasteiger partial charge in [-0.05, 0) is 80.5 Å². The van der Waals surface area contributed by atoms with Gasteiger partial charge in [0.25, 0.3) is 0 Å². The molecule has 1 heterocycles. The Hall–Kier alpha value is -0.650. The second-order valence-electron chi connectivity index (χ2n) is 11.2. The van der Waals surface area contributed by atoms with E-state index in [0.29, 0.717) is 24.9 Å². The molecule has 0 amide bonds. The number of ether oxygens (including phenoxy) is 1. The highest BCUT2D eigenvalue weighted by Gasteiger charge is 2.71. The van der Waals surface area contributed by atoms with Crippen molar-refractivity contribution in [2.45, 2.75) is 89.4 Å². The Labute approximate surface area is 167 Å². The predicted molar refractivity (Wildman–Crippen MR) is 103 cm³/mol. The average Bonchev–Trinajstić information content (AvgIpc) is 3.19. The van der Waals surface area contributed by atoms with E-state index in [4.69, 9.17) is 4.74 Å². The number of hydrogen-bond donors (Lipinski definition) is 3. The van der Waals surface area contributed by atoms with Crippen LogP contribution >= 0.6 is 0 Å². The van der Waals surface area contributed by atoms with Crippen LogP contribution in [0.5, 0.6) is 0 Å². The first kappa shape index (κ1) is 19.3. The number of rotatable bonds is 1. The van der Waals surface area contributed by atoms with Gasteiger partial charge in [0.15, 0.2) is 0 Å². The highest BCUT2D eigenvalue weighted by molar-refractivity contribution is 5.71. The van der Waals surface area contributed by atoms with Crippen LogP contribution in [-0.4, -0.2) is 45.7 Å². The first-order chi connectivity index (χ1) is 13.2. The van der Waals surface area contributed by atoms with E-state index in [9.17, 15) is 20.1 Å². The number of cyclic esters (lactones) is 1. The molecule has 5 rings (SSSR count). The fourth-order valence-electron chi connectivity index (χ4n) is 8.77. The maximum Gasteiger partial charge on any atom is 0.306 e. The molecule has 0 aromatic heterocycles. The number of carbonyl (C=O) groups excluding carboxylic acids is 1. The third kappa shape index (κ3) is 2.33. The van der Waals surface area contributed by atoms with Gasteiger partial charge in [-0.15, -0.1) is 0 Å². The molecule has 5 heteroatoms. The summed E-state index contributed by atoms with van der Waals surface area (Å²) in [6, 6.07) is 0. The molecule has 0 aromatic rings. The molecule has 158 valence electrons. The number of hydrogen-bond acceptors (Lipinski definition) is 5. The lowest BCUT2D eigenvalue weighted by atomic mass is 9.42. The van der Waals surface area contributed by atoms with Gasteiger partial charge in [-0.25, -0.2) is 0 Å². The molecule has 1 saturated heterocycles. The smallest absolute Gasteiger partial charge is 0.306 e. The second kappa shape index (κ2) is 6.18. The highest BCUT2D eigenvalue weighted by Crippen LogP contribution is 2.70. The highest BCUT2D eigenvalue weighted by atomic mass is 16.5. The molecule has 3 N–H and O–H groups in total. The summed E-state index contributed by atoms with van der Waals surface area (Å²) in [6.07, 6.45) is 6.78. The summed E-state index contributed by atoms with van der Waals surface area (Å²) >= 11 is 0. The number of carbonyl (C=O) groups is 1. The molecule has 4 saturated carbocycles. The van der Waals surface area contributed by atoms with E-state index in [1.165, 1.54) is 0 Å². The molecule has 28 heavy (non-hydrogen) atoms. The van der Waals surface area contributed by atoms with Gasteiger partial charge in [0.1, 0.15) is 0 Å². The maximum atomic E-state index is 12.2. The minimum atomic E-state index is -0.865.